The van der Waals surface area contributed by atoms with Crippen molar-refractivity contribution in [2.24, 2.45) is 5.92 Å². The van der Waals surface area contributed by atoms with E-state index >= 15 is 0 Å². The zero-order valence-corrected chi connectivity index (χ0v) is 12.1. The summed E-state index contributed by atoms with van der Waals surface area (Å²) in [4.78, 5) is 13.0. The Morgan fingerprint density at radius 1 is 1.39 bits per heavy atom. The van der Waals surface area contributed by atoms with Crippen molar-refractivity contribution < 1.29 is 9.90 Å². The molecular weight excluding hydrogens is 228 g/mol. The van der Waals surface area contributed by atoms with Gasteiger partial charge in [0.1, 0.15) is 0 Å². The Hall–Kier alpha value is -0.870. The third-order valence-corrected chi connectivity index (χ3v) is 2.75. The maximum atomic E-state index is 10.8. The molecule has 0 spiro atoms. The average molecular weight is 256 g/mol. The number of nitrogens with one attached hydrogen (secondary N) is 1. The number of likely N-dealkylation sites (N-methyl/N-ethyl adjacent to an activating group) is 1. The highest BCUT2D eigenvalue weighted by Crippen LogP contribution is 2.03. The molecule has 0 aromatic carbocycles. The zero-order valence-electron chi connectivity index (χ0n) is 12.1. The molecule has 106 valence electrons. The maximum absolute atomic E-state index is 10.8. The molecule has 0 aromatic rings. The third-order valence-electron chi connectivity index (χ3n) is 2.75. The Morgan fingerprint density at radius 3 is 2.56 bits per heavy atom. The van der Waals surface area contributed by atoms with E-state index in [4.69, 9.17) is 0 Å². The molecule has 0 aliphatic heterocycles. The van der Waals surface area contributed by atoms with Gasteiger partial charge in [0.05, 0.1) is 6.10 Å². The maximum Gasteiger partial charge on any atom is 0.216 e. The monoisotopic (exact) mass is 256 g/mol. The molecule has 2 N–H and O–H groups in total. The Balaban J connectivity index is 4.01. The van der Waals surface area contributed by atoms with E-state index in [1.165, 1.54) is 6.92 Å². The normalized spacial score (nSPS) is 15.0. The summed E-state index contributed by atoms with van der Waals surface area (Å²) in [5.74, 6) is 0.384. The molecule has 0 radical (unpaired) electrons. The van der Waals surface area contributed by atoms with Crippen molar-refractivity contribution in [3.05, 3.63) is 12.2 Å². The first-order valence-electron chi connectivity index (χ1n) is 6.81. The number of hydrogen-bond acceptors (Lipinski definition) is 3. The minimum absolute atomic E-state index is 0.101. The van der Waals surface area contributed by atoms with E-state index in [1.807, 2.05) is 0 Å². The number of hydrogen-bond donors (Lipinski definition) is 2. The lowest BCUT2D eigenvalue weighted by Crippen LogP contribution is -2.40. The molecule has 4 nitrogen and oxygen atoms in total. The predicted molar refractivity (Wildman–Crippen MR) is 75.4 cm³/mol. The van der Waals surface area contributed by atoms with Gasteiger partial charge in [0.15, 0.2) is 0 Å². The van der Waals surface area contributed by atoms with E-state index in [2.05, 4.69) is 43.1 Å². The summed E-state index contributed by atoms with van der Waals surface area (Å²) < 4.78 is 0. The topological polar surface area (TPSA) is 52.6 Å². The van der Waals surface area contributed by atoms with Crippen LogP contribution in [0.3, 0.4) is 0 Å². The van der Waals surface area contributed by atoms with Crippen LogP contribution in [0.25, 0.3) is 0 Å². The number of rotatable bonds is 9. The molecule has 0 fully saturated rings. The number of nitrogens with zero attached hydrogens (tertiary/aromatic N) is 1. The summed E-state index contributed by atoms with van der Waals surface area (Å²) >= 11 is 0. The van der Waals surface area contributed by atoms with Crippen LogP contribution in [-0.4, -0.2) is 48.2 Å². The number of amides is 1. The molecule has 4 heteroatoms. The van der Waals surface area contributed by atoms with Gasteiger partial charge in [-0.3, -0.25) is 4.79 Å². The van der Waals surface area contributed by atoms with Gasteiger partial charge in [0, 0.05) is 26.6 Å². The summed E-state index contributed by atoms with van der Waals surface area (Å²) in [5, 5.41) is 12.4. The molecule has 0 heterocycles. The zero-order chi connectivity index (χ0) is 14.0. The van der Waals surface area contributed by atoms with Crippen LogP contribution in [0.15, 0.2) is 12.2 Å². The highest BCUT2D eigenvalue weighted by molar-refractivity contribution is 5.72. The highest BCUT2D eigenvalue weighted by atomic mass is 16.3. The van der Waals surface area contributed by atoms with Crippen molar-refractivity contribution in [1.82, 2.24) is 10.2 Å². The van der Waals surface area contributed by atoms with Gasteiger partial charge in [0.25, 0.3) is 0 Å². The van der Waals surface area contributed by atoms with E-state index in [1.54, 1.807) is 0 Å². The van der Waals surface area contributed by atoms with E-state index in [-0.39, 0.29) is 5.91 Å². The van der Waals surface area contributed by atoms with Gasteiger partial charge in [-0.2, -0.15) is 0 Å². The van der Waals surface area contributed by atoms with Crippen LogP contribution < -0.4 is 5.32 Å². The van der Waals surface area contributed by atoms with Crippen LogP contribution in [-0.2, 0) is 4.79 Å². The van der Waals surface area contributed by atoms with E-state index < -0.39 is 6.10 Å². The number of carbonyl (C=O) groups is 1. The largest absolute Gasteiger partial charge is 0.390 e. The molecular formula is C14H28N2O2. The van der Waals surface area contributed by atoms with Crippen molar-refractivity contribution in [3.63, 3.8) is 0 Å². The Kier molecular flexibility index (Phi) is 9.60. The molecule has 0 aromatic heterocycles. The number of aliphatic hydroxyl groups excluding tert-OH is 1. The minimum atomic E-state index is -0.504. The van der Waals surface area contributed by atoms with Crippen LogP contribution in [0.4, 0.5) is 0 Å². The van der Waals surface area contributed by atoms with Gasteiger partial charge >= 0.3 is 0 Å². The SMILES string of the molecule is CC/C=C\C(C)CN(CC)CC(O)CNC(C)=O. The first-order valence-corrected chi connectivity index (χ1v) is 6.81. The van der Waals surface area contributed by atoms with Crippen molar-refractivity contribution in [1.29, 1.82) is 0 Å². The van der Waals surface area contributed by atoms with E-state index in [0.29, 0.717) is 19.0 Å². The van der Waals surface area contributed by atoms with Crippen LogP contribution >= 0.6 is 0 Å². The van der Waals surface area contributed by atoms with Crippen LogP contribution in [0.5, 0.6) is 0 Å². The molecule has 18 heavy (non-hydrogen) atoms. The smallest absolute Gasteiger partial charge is 0.216 e. The van der Waals surface area contributed by atoms with E-state index in [0.717, 1.165) is 19.5 Å². The van der Waals surface area contributed by atoms with Crippen LogP contribution in [0, 0.1) is 5.92 Å². The van der Waals surface area contributed by atoms with Gasteiger partial charge < -0.3 is 15.3 Å². The van der Waals surface area contributed by atoms with Gasteiger partial charge in [-0.25, -0.2) is 0 Å². The quantitative estimate of drug-likeness (QED) is 0.613. The summed E-state index contributed by atoms with van der Waals surface area (Å²) in [6.07, 6.45) is 4.94. The van der Waals surface area contributed by atoms with Crippen LogP contribution in [0.1, 0.15) is 34.1 Å². The van der Waals surface area contributed by atoms with Crippen molar-refractivity contribution in [3.8, 4) is 0 Å². The molecule has 0 bridgehead atoms. The average Bonchev–Trinajstić information content (AvgIpc) is 2.32. The summed E-state index contributed by atoms with van der Waals surface area (Å²) in [5.41, 5.74) is 0. The molecule has 0 rings (SSSR count). The van der Waals surface area contributed by atoms with Gasteiger partial charge in [-0.05, 0) is 18.9 Å². The molecule has 1 amide bonds. The van der Waals surface area contributed by atoms with Gasteiger partial charge in [-0.1, -0.05) is 32.9 Å². The lowest BCUT2D eigenvalue weighted by molar-refractivity contribution is -0.119. The first kappa shape index (κ1) is 17.1. The van der Waals surface area contributed by atoms with Crippen LogP contribution in [0.2, 0.25) is 0 Å². The molecule has 0 saturated carbocycles. The fourth-order valence-electron chi connectivity index (χ4n) is 1.79. The summed E-state index contributed by atoms with van der Waals surface area (Å²) in [7, 11) is 0. The number of carbonyl (C=O) groups excluding carboxylic acids is 1. The Morgan fingerprint density at radius 2 is 2.06 bits per heavy atom. The molecule has 0 saturated heterocycles. The lowest BCUT2D eigenvalue weighted by atomic mass is 10.1. The second-order valence-corrected chi connectivity index (χ2v) is 4.76. The third kappa shape index (κ3) is 9.19. The second kappa shape index (κ2) is 10.1. The Bertz CT molecular complexity index is 254. The van der Waals surface area contributed by atoms with Crippen molar-refractivity contribution in [2.45, 2.75) is 40.2 Å². The number of allylic oxidation sites excluding steroid dienone is 1. The Labute approximate surface area is 111 Å². The summed E-state index contributed by atoms with van der Waals surface area (Å²) in [6.45, 7) is 10.6. The number of aliphatic hydroxyl groups is 1. The van der Waals surface area contributed by atoms with Crippen molar-refractivity contribution >= 4 is 5.91 Å². The van der Waals surface area contributed by atoms with Gasteiger partial charge in [-0.15, -0.1) is 0 Å². The minimum Gasteiger partial charge on any atom is -0.390 e. The fourth-order valence-corrected chi connectivity index (χ4v) is 1.79. The standard InChI is InChI=1S/C14H28N2O2/c1-5-7-8-12(3)10-16(6-2)11-14(18)9-15-13(4)17/h7-8,12,14,18H,5-6,9-11H2,1-4H3,(H,15,17)/b8-7-. The second-order valence-electron chi connectivity index (χ2n) is 4.76. The molecule has 0 aliphatic carbocycles. The van der Waals surface area contributed by atoms with E-state index in [9.17, 15) is 9.90 Å². The predicted octanol–water partition coefficient (Wildman–Crippen LogP) is 1.41. The lowest BCUT2D eigenvalue weighted by Gasteiger charge is -2.25. The molecule has 0 aliphatic rings. The van der Waals surface area contributed by atoms with Crippen molar-refractivity contribution in [2.75, 3.05) is 26.2 Å². The fraction of sp³-hybridized carbons (Fsp3) is 0.786. The molecule has 2 unspecified atom stereocenters. The highest BCUT2D eigenvalue weighted by Gasteiger charge is 2.12. The first-order chi connectivity index (χ1) is 8.49. The van der Waals surface area contributed by atoms with Gasteiger partial charge in [0.2, 0.25) is 5.91 Å². The summed E-state index contributed by atoms with van der Waals surface area (Å²) in [6, 6.07) is 0. The molecule has 2 atom stereocenters.